The molecule has 3 aromatic carbocycles. The summed E-state index contributed by atoms with van der Waals surface area (Å²) in [4.78, 5) is 17.5. The molecule has 1 amide bonds. The third-order valence-electron chi connectivity index (χ3n) is 4.70. The van der Waals surface area contributed by atoms with Crippen LogP contribution in [-0.2, 0) is 0 Å². The van der Waals surface area contributed by atoms with E-state index in [0.717, 1.165) is 26.9 Å². The lowest BCUT2D eigenvalue weighted by Crippen LogP contribution is -2.15. The SMILES string of the molecule is Cc1ccc(C)c(NC(=O)c2nc(-c3ccc(Br)cc3)n(-c3ccc(Cl)c(Cl)c3)n2)c1. The molecule has 0 unspecified atom stereocenters. The fourth-order valence-electron chi connectivity index (χ4n) is 3.04. The molecule has 156 valence electrons. The number of halogens is 3. The third kappa shape index (κ3) is 4.66. The number of anilines is 1. The van der Waals surface area contributed by atoms with Crippen LogP contribution in [0.2, 0.25) is 10.0 Å². The van der Waals surface area contributed by atoms with Gasteiger partial charge in [0.1, 0.15) is 0 Å². The number of rotatable bonds is 4. The van der Waals surface area contributed by atoms with Crippen molar-refractivity contribution >= 4 is 50.7 Å². The van der Waals surface area contributed by atoms with E-state index in [4.69, 9.17) is 23.2 Å². The number of benzene rings is 3. The zero-order valence-electron chi connectivity index (χ0n) is 16.7. The highest BCUT2D eigenvalue weighted by molar-refractivity contribution is 9.10. The predicted octanol–water partition coefficient (Wildman–Crippen LogP) is 6.87. The monoisotopic (exact) mass is 514 g/mol. The van der Waals surface area contributed by atoms with Gasteiger partial charge >= 0.3 is 0 Å². The van der Waals surface area contributed by atoms with Crippen molar-refractivity contribution in [2.45, 2.75) is 13.8 Å². The van der Waals surface area contributed by atoms with Crippen LogP contribution in [0.3, 0.4) is 0 Å². The molecule has 0 radical (unpaired) electrons. The zero-order chi connectivity index (χ0) is 22.1. The normalized spacial score (nSPS) is 10.9. The molecule has 0 aliphatic carbocycles. The lowest BCUT2D eigenvalue weighted by Gasteiger charge is -2.07. The second-order valence-corrected chi connectivity index (χ2v) is 8.78. The van der Waals surface area contributed by atoms with Crippen molar-refractivity contribution in [3.8, 4) is 17.1 Å². The van der Waals surface area contributed by atoms with Crippen LogP contribution in [0.25, 0.3) is 17.1 Å². The lowest BCUT2D eigenvalue weighted by molar-refractivity contribution is 0.101. The van der Waals surface area contributed by atoms with Crippen LogP contribution < -0.4 is 5.32 Å². The summed E-state index contributed by atoms with van der Waals surface area (Å²) < 4.78 is 2.52. The van der Waals surface area contributed by atoms with Crippen LogP contribution in [0.15, 0.2) is 65.1 Å². The maximum absolute atomic E-state index is 13.0. The van der Waals surface area contributed by atoms with Crippen LogP contribution in [-0.4, -0.2) is 20.7 Å². The summed E-state index contributed by atoms with van der Waals surface area (Å²) in [5, 5.41) is 8.21. The predicted molar refractivity (Wildman–Crippen MR) is 128 cm³/mol. The van der Waals surface area contributed by atoms with E-state index >= 15 is 0 Å². The number of nitrogens with zero attached hydrogens (tertiary/aromatic N) is 3. The molecule has 1 aromatic heterocycles. The first-order chi connectivity index (χ1) is 14.8. The van der Waals surface area contributed by atoms with E-state index in [9.17, 15) is 4.79 Å². The van der Waals surface area contributed by atoms with Crippen molar-refractivity contribution in [2.75, 3.05) is 5.32 Å². The van der Waals surface area contributed by atoms with E-state index in [-0.39, 0.29) is 5.82 Å². The van der Waals surface area contributed by atoms with Crippen molar-refractivity contribution in [1.29, 1.82) is 0 Å². The van der Waals surface area contributed by atoms with Crippen LogP contribution in [0, 0.1) is 13.8 Å². The minimum absolute atomic E-state index is 0.0462. The molecule has 0 aliphatic heterocycles. The van der Waals surface area contributed by atoms with Crippen molar-refractivity contribution in [1.82, 2.24) is 14.8 Å². The van der Waals surface area contributed by atoms with Crippen LogP contribution >= 0.6 is 39.1 Å². The highest BCUT2D eigenvalue weighted by Crippen LogP contribution is 2.28. The van der Waals surface area contributed by atoms with Crippen molar-refractivity contribution in [2.24, 2.45) is 0 Å². The summed E-state index contributed by atoms with van der Waals surface area (Å²) in [5.74, 6) is 0.160. The van der Waals surface area contributed by atoms with Crippen molar-refractivity contribution in [3.63, 3.8) is 0 Å². The fraction of sp³-hybridized carbons (Fsp3) is 0.0870. The van der Waals surface area contributed by atoms with Gasteiger partial charge in [0.25, 0.3) is 5.91 Å². The van der Waals surface area contributed by atoms with E-state index in [1.807, 2.05) is 56.3 Å². The van der Waals surface area contributed by atoms with Crippen molar-refractivity contribution < 1.29 is 4.79 Å². The molecule has 0 fully saturated rings. The number of aryl methyl sites for hydroxylation is 2. The maximum Gasteiger partial charge on any atom is 0.295 e. The summed E-state index contributed by atoms with van der Waals surface area (Å²) in [6.45, 7) is 3.90. The minimum atomic E-state index is -0.397. The van der Waals surface area contributed by atoms with Gasteiger partial charge in [0.2, 0.25) is 5.82 Å². The molecule has 0 saturated heterocycles. The van der Waals surface area contributed by atoms with Gasteiger partial charge in [0.15, 0.2) is 5.82 Å². The van der Waals surface area contributed by atoms with Crippen LogP contribution in [0.5, 0.6) is 0 Å². The Balaban J connectivity index is 1.78. The Hall–Kier alpha value is -2.67. The highest BCUT2D eigenvalue weighted by atomic mass is 79.9. The number of amides is 1. The molecule has 4 aromatic rings. The largest absolute Gasteiger partial charge is 0.319 e. The number of nitrogens with one attached hydrogen (secondary N) is 1. The summed E-state index contributed by atoms with van der Waals surface area (Å²) in [6.07, 6.45) is 0. The second-order valence-electron chi connectivity index (χ2n) is 7.05. The zero-order valence-corrected chi connectivity index (χ0v) is 19.8. The van der Waals surface area contributed by atoms with Gasteiger partial charge < -0.3 is 5.32 Å². The van der Waals surface area contributed by atoms with E-state index in [1.54, 1.807) is 22.9 Å². The molecule has 0 atom stereocenters. The number of aromatic nitrogens is 3. The summed E-state index contributed by atoms with van der Waals surface area (Å²) in [7, 11) is 0. The van der Waals surface area contributed by atoms with Gasteiger partial charge in [0.05, 0.1) is 15.7 Å². The number of carbonyl (C=O) groups is 1. The van der Waals surface area contributed by atoms with Gasteiger partial charge in [-0.25, -0.2) is 9.67 Å². The Labute approximate surface area is 198 Å². The van der Waals surface area contributed by atoms with Gasteiger partial charge in [-0.15, -0.1) is 5.10 Å². The maximum atomic E-state index is 13.0. The Morgan fingerprint density at radius 2 is 1.71 bits per heavy atom. The first-order valence-corrected chi connectivity index (χ1v) is 10.9. The van der Waals surface area contributed by atoms with E-state index in [2.05, 4.69) is 31.3 Å². The summed E-state index contributed by atoms with van der Waals surface area (Å²) in [5.41, 5.74) is 4.17. The molecule has 1 heterocycles. The van der Waals surface area contributed by atoms with Crippen LogP contribution in [0.4, 0.5) is 5.69 Å². The molecule has 1 N–H and O–H groups in total. The van der Waals surface area contributed by atoms with Gasteiger partial charge in [-0.2, -0.15) is 0 Å². The summed E-state index contributed by atoms with van der Waals surface area (Å²) in [6, 6.07) is 18.6. The average Bonchev–Trinajstić information content (AvgIpc) is 3.19. The summed E-state index contributed by atoms with van der Waals surface area (Å²) >= 11 is 15.7. The second kappa shape index (κ2) is 8.83. The molecule has 0 bridgehead atoms. The Bertz CT molecular complexity index is 1290. The molecule has 0 aliphatic rings. The molecule has 0 saturated carbocycles. The number of hydrogen-bond donors (Lipinski definition) is 1. The topological polar surface area (TPSA) is 59.8 Å². The highest BCUT2D eigenvalue weighted by Gasteiger charge is 2.20. The van der Waals surface area contributed by atoms with Gasteiger partial charge in [-0.3, -0.25) is 4.79 Å². The Kier molecular flexibility index (Phi) is 6.14. The first kappa shape index (κ1) is 21.6. The number of carbonyl (C=O) groups excluding carboxylic acids is 1. The molecular formula is C23H17BrCl2N4O. The smallest absolute Gasteiger partial charge is 0.295 e. The molecule has 0 spiro atoms. The standard InChI is InChI=1S/C23H17BrCl2N4O/c1-13-3-4-14(2)20(11-13)27-23(31)21-28-22(15-5-7-16(24)8-6-15)30(29-21)17-9-10-18(25)19(26)12-17/h3-12H,1-2H3,(H,27,31). The number of hydrogen-bond acceptors (Lipinski definition) is 3. The Morgan fingerprint density at radius 1 is 0.968 bits per heavy atom. The molecular weight excluding hydrogens is 499 g/mol. The van der Waals surface area contributed by atoms with Crippen LogP contribution in [0.1, 0.15) is 21.7 Å². The third-order valence-corrected chi connectivity index (χ3v) is 5.97. The van der Waals surface area contributed by atoms with Crippen molar-refractivity contribution in [3.05, 3.63) is 92.1 Å². The van der Waals surface area contributed by atoms with Gasteiger partial charge in [-0.1, -0.05) is 63.4 Å². The first-order valence-electron chi connectivity index (χ1n) is 9.39. The van der Waals surface area contributed by atoms with Gasteiger partial charge in [-0.05, 0) is 61.4 Å². The Morgan fingerprint density at radius 3 is 2.42 bits per heavy atom. The fourth-order valence-corrected chi connectivity index (χ4v) is 3.60. The molecule has 4 rings (SSSR count). The molecule has 8 heteroatoms. The quantitative estimate of drug-likeness (QED) is 0.322. The van der Waals surface area contributed by atoms with Gasteiger partial charge in [0, 0.05) is 15.7 Å². The minimum Gasteiger partial charge on any atom is -0.319 e. The van der Waals surface area contributed by atoms with E-state index in [0.29, 0.717) is 21.6 Å². The lowest BCUT2D eigenvalue weighted by atomic mass is 10.1. The molecule has 5 nitrogen and oxygen atoms in total. The average molecular weight is 516 g/mol. The molecule has 31 heavy (non-hydrogen) atoms. The van der Waals surface area contributed by atoms with E-state index in [1.165, 1.54) is 0 Å². The van der Waals surface area contributed by atoms with E-state index < -0.39 is 5.91 Å².